The zero-order valence-corrected chi connectivity index (χ0v) is 24.2. The van der Waals surface area contributed by atoms with Crippen molar-refractivity contribution in [2.24, 2.45) is 0 Å². The zero-order chi connectivity index (χ0) is 27.4. The fourth-order valence-electron chi connectivity index (χ4n) is 4.64. The third-order valence-corrected chi connectivity index (χ3v) is 8.21. The number of rotatable bonds is 10. The molecule has 5 nitrogen and oxygen atoms in total. The average Bonchev–Trinajstić information content (AvgIpc) is 3.79. The normalized spacial score (nSPS) is 15.3. The molecule has 3 aromatic rings. The molecule has 1 N–H and O–H groups in total. The number of benzene rings is 3. The number of amides is 1. The number of nitrogens with one attached hydrogen (secondary N) is 1. The molecule has 0 bridgehead atoms. The molecule has 1 fully saturated rings. The third-order valence-electron chi connectivity index (χ3n) is 6.80. The first-order valence-corrected chi connectivity index (χ1v) is 14.4. The van der Waals surface area contributed by atoms with Crippen molar-refractivity contribution >= 4 is 57.9 Å². The summed E-state index contributed by atoms with van der Waals surface area (Å²) in [5, 5.41) is 5.44. The van der Waals surface area contributed by atoms with Gasteiger partial charge in [-0.15, -0.1) is 0 Å². The monoisotopic (exact) mass is 604 g/mol. The maximum Gasteiger partial charge on any atom is 0.251 e. The molecular formula is C30H28Cl4N2O3. The van der Waals surface area contributed by atoms with E-state index in [4.69, 9.17) is 55.9 Å². The highest BCUT2D eigenvalue weighted by atomic mass is 35.5. The molecule has 1 aliphatic carbocycles. The van der Waals surface area contributed by atoms with Crippen molar-refractivity contribution in [3.05, 3.63) is 97.5 Å². The minimum atomic E-state index is 0.0490. The topological polar surface area (TPSA) is 50.8 Å². The number of hydrogen-bond acceptors (Lipinski definition) is 4. The molecule has 0 radical (unpaired) electrons. The van der Waals surface area contributed by atoms with E-state index >= 15 is 0 Å². The number of carbonyl (C=O) groups is 1. The minimum Gasteiger partial charge on any atom is -0.490 e. The smallest absolute Gasteiger partial charge is 0.251 e. The molecule has 1 saturated carbocycles. The van der Waals surface area contributed by atoms with Gasteiger partial charge >= 0.3 is 0 Å². The van der Waals surface area contributed by atoms with Gasteiger partial charge in [0.05, 0.1) is 15.1 Å². The van der Waals surface area contributed by atoms with E-state index < -0.39 is 0 Å². The Morgan fingerprint density at radius 3 is 2.46 bits per heavy atom. The highest BCUT2D eigenvalue weighted by Crippen LogP contribution is 2.35. The maximum atomic E-state index is 13.9. The standard InChI is InChI=1S/C30H28Cl4N2O3/c31-21-6-11-26(32)28(16-21)39-15-14-38-23-9-4-19(5-10-23)24-12-13-35-17-25(24)30(37)36(22-7-8-22)18-20-2-1-3-27(33)29(20)34/h1-6,9-11,16,22,35H,7-8,12-15,17-18H2. The van der Waals surface area contributed by atoms with E-state index in [2.05, 4.69) is 5.32 Å². The lowest BCUT2D eigenvalue weighted by Gasteiger charge is -2.28. The van der Waals surface area contributed by atoms with Gasteiger partial charge in [-0.05, 0) is 72.8 Å². The predicted molar refractivity (Wildman–Crippen MR) is 158 cm³/mol. The van der Waals surface area contributed by atoms with Gasteiger partial charge in [-0.3, -0.25) is 4.79 Å². The zero-order valence-electron chi connectivity index (χ0n) is 21.2. The molecule has 0 aromatic heterocycles. The van der Waals surface area contributed by atoms with Gasteiger partial charge in [0.15, 0.2) is 0 Å². The van der Waals surface area contributed by atoms with Gasteiger partial charge in [-0.2, -0.15) is 0 Å². The molecule has 0 unspecified atom stereocenters. The second kappa shape index (κ2) is 12.8. The van der Waals surface area contributed by atoms with Gasteiger partial charge in [-0.1, -0.05) is 70.7 Å². The summed E-state index contributed by atoms with van der Waals surface area (Å²) in [5.74, 6) is 1.29. The Morgan fingerprint density at radius 2 is 1.69 bits per heavy atom. The number of halogens is 4. The fourth-order valence-corrected chi connectivity index (χ4v) is 5.35. The quantitative estimate of drug-likeness (QED) is 0.241. The largest absolute Gasteiger partial charge is 0.490 e. The highest BCUT2D eigenvalue weighted by molar-refractivity contribution is 6.42. The first-order chi connectivity index (χ1) is 18.9. The molecule has 1 amide bonds. The molecule has 3 aromatic carbocycles. The first kappa shape index (κ1) is 28.1. The summed E-state index contributed by atoms with van der Waals surface area (Å²) < 4.78 is 11.5. The molecule has 0 spiro atoms. The van der Waals surface area contributed by atoms with Crippen LogP contribution in [0.15, 0.2) is 66.2 Å². The lowest BCUT2D eigenvalue weighted by atomic mass is 9.93. The molecule has 5 rings (SSSR count). The molecule has 1 aliphatic heterocycles. The second-order valence-corrected chi connectivity index (χ2v) is 11.2. The summed E-state index contributed by atoms with van der Waals surface area (Å²) in [4.78, 5) is 15.8. The molecular weight excluding hydrogens is 578 g/mol. The minimum absolute atomic E-state index is 0.0490. The molecule has 1 heterocycles. The van der Waals surface area contributed by atoms with Gasteiger partial charge in [-0.25, -0.2) is 0 Å². The summed E-state index contributed by atoms with van der Waals surface area (Å²) in [6.45, 7) is 2.46. The Kier molecular flexibility index (Phi) is 9.26. The Morgan fingerprint density at radius 1 is 0.923 bits per heavy atom. The van der Waals surface area contributed by atoms with E-state index in [1.165, 1.54) is 0 Å². The van der Waals surface area contributed by atoms with Crippen LogP contribution in [0.4, 0.5) is 0 Å². The van der Waals surface area contributed by atoms with Crippen molar-refractivity contribution in [2.45, 2.75) is 31.8 Å². The Labute approximate surface area is 248 Å². The maximum absolute atomic E-state index is 13.9. The number of ether oxygens (including phenoxy) is 2. The van der Waals surface area contributed by atoms with Crippen molar-refractivity contribution in [2.75, 3.05) is 26.3 Å². The summed E-state index contributed by atoms with van der Waals surface area (Å²) in [7, 11) is 0. The van der Waals surface area contributed by atoms with Crippen LogP contribution in [-0.2, 0) is 11.3 Å². The van der Waals surface area contributed by atoms with Crippen LogP contribution in [0.2, 0.25) is 20.1 Å². The van der Waals surface area contributed by atoms with Crippen LogP contribution >= 0.6 is 46.4 Å². The lowest BCUT2D eigenvalue weighted by Crippen LogP contribution is -2.39. The van der Waals surface area contributed by atoms with Gasteiger partial charge in [0.2, 0.25) is 0 Å². The van der Waals surface area contributed by atoms with Crippen molar-refractivity contribution in [1.82, 2.24) is 10.2 Å². The molecule has 204 valence electrons. The van der Waals surface area contributed by atoms with Crippen LogP contribution in [0, 0.1) is 0 Å². The summed E-state index contributed by atoms with van der Waals surface area (Å²) in [6, 6.07) is 18.7. The second-order valence-electron chi connectivity index (χ2n) is 9.56. The average molecular weight is 606 g/mol. The van der Waals surface area contributed by atoms with Crippen LogP contribution in [0.1, 0.15) is 30.4 Å². The van der Waals surface area contributed by atoms with Crippen molar-refractivity contribution < 1.29 is 14.3 Å². The highest BCUT2D eigenvalue weighted by Gasteiger charge is 2.35. The van der Waals surface area contributed by atoms with Crippen LogP contribution < -0.4 is 14.8 Å². The Hall–Kier alpha value is -2.41. The van der Waals surface area contributed by atoms with E-state index in [1.54, 1.807) is 24.3 Å². The van der Waals surface area contributed by atoms with Crippen LogP contribution in [-0.4, -0.2) is 43.2 Å². The SMILES string of the molecule is O=C(C1=C(c2ccc(OCCOc3cc(Cl)ccc3Cl)cc2)CCNC1)N(Cc1cccc(Cl)c1Cl)C1CC1. The van der Waals surface area contributed by atoms with E-state index in [1.807, 2.05) is 41.3 Å². The Balaban J connectivity index is 1.26. The summed E-state index contributed by atoms with van der Waals surface area (Å²) in [6.07, 6.45) is 2.77. The van der Waals surface area contributed by atoms with Crippen molar-refractivity contribution in [3.63, 3.8) is 0 Å². The molecule has 39 heavy (non-hydrogen) atoms. The van der Waals surface area contributed by atoms with Crippen LogP contribution in [0.25, 0.3) is 5.57 Å². The van der Waals surface area contributed by atoms with Gasteiger partial charge in [0.1, 0.15) is 24.7 Å². The lowest BCUT2D eigenvalue weighted by molar-refractivity contribution is -0.128. The third kappa shape index (κ3) is 7.03. The number of nitrogens with zero attached hydrogens (tertiary/aromatic N) is 1. The van der Waals surface area contributed by atoms with Crippen LogP contribution in [0.5, 0.6) is 11.5 Å². The van der Waals surface area contributed by atoms with E-state index in [0.29, 0.717) is 52.1 Å². The van der Waals surface area contributed by atoms with Crippen LogP contribution in [0.3, 0.4) is 0 Å². The molecule has 9 heteroatoms. The van der Waals surface area contributed by atoms with Gasteiger partial charge < -0.3 is 19.7 Å². The molecule has 0 atom stereocenters. The van der Waals surface area contributed by atoms with Gasteiger partial charge in [0.25, 0.3) is 5.91 Å². The number of hydrogen-bond donors (Lipinski definition) is 1. The van der Waals surface area contributed by atoms with E-state index in [-0.39, 0.29) is 11.9 Å². The first-order valence-electron chi connectivity index (χ1n) is 12.9. The van der Waals surface area contributed by atoms with Gasteiger partial charge in [0, 0.05) is 35.8 Å². The van der Waals surface area contributed by atoms with E-state index in [9.17, 15) is 4.79 Å². The number of carbonyl (C=O) groups excluding carboxylic acids is 1. The predicted octanol–water partition coefficient (Wildman–Crippen LogP) is 7.70. The van der Waals surface area contributed by atoms with Crippen molar-refractivity contribution in [1.29, 1.82) is 0 Å². The van der Waals surface area contributed by atoms with E-state index in [0.717, 1.165) is 53.8 Å². The summed E-state index contributed by atoms with van der Waals surface area (Å²) in [5.41, 5.74) is 3.74. The summed E-state index contributed by atoms with van der Waals surface area (Å²) >= 11 is 24.8. The van der Waals surface area contributed by atoms with Crippen molar-refractivity contribution in [3.8, 4) is 11.5 Å². The Bertz CT molecular complexity index is 1370. The fraction of sp³-hybridized carbons (Fsp3) is 0.300. The molecule has 0 saturated heterocycles. The molecule has 2 aliphatic rings.